The molecule has 0 radical (unpaired) electrons. The van der Waals surface area contributed by atoms with Gasteiger partial charge in [0.15, 0.2) is 5.17 Å². The van der Waals surface area contributed by atoms with Gasteiger partial charge in [-0.3, -0.25) is 9.79 Å². The summed E-state index contributed by atoms with van der Waals surface area (Å²) in [6.45, 7) is 4.08. The molecular formula is C19H21N3OS. The van der Waals surface area contributed by atoms with E-state index in [1.165, 1.54) is 0 Å². The van der Waals surface area contributed by atoms with E-state index in [0.29, 0.717) is 10.7 Å². The van der Waals surface area contributed by atoms with Crippen LogP contribution in [0.2, 0.25) is 0 Å². The summed E-state index contributed by atoms with van der Waals surface area (Å²) in [6.07, 6.45) is 0.924. The first kappa shape index (κ1) is 16.6. The molecule has 2 aromatic carbocycles. The molecule has 5 heteroatoms. The van der Waals surface area contributed by atoms with Crippen molar-refractivity contribution < 1.29 is 4.79 Å². The van der Waals surface area contributed by atoms with Gasteiger partial charge in [-0.05, 0) is 50.1 Å². The van der Waals surface area contributed by atoms with Crippen molar-refractivity contribution in [2.45, 2.75) is 25.8 Å². The van der Waals surface area contributed by atoms with E-state index in [1.54, 1.807) is 11.8 Å². The Morgan fingerprint density at radius 1 is 1.25 bits per heavy atom. The molecule has 24 heavy (non-hydrogen) atoms. The molecule has 0 aliphatic carbocycles. The SMILES string of the molecule is Cc1ccc(C(=O)Nc2cccc(C3(C)CCSC(N)=N3)c2)cc1. The van der Waals surface area contributed by atoms with Crippen LogP contribution < -0.4 is 11.1 Å². The minimum Gasteiger partial charge on any atom is -0.379 e. The van der Waals surface area contributed by atoms with Crippen LogP contribution in [-0.2, 0) is 5.54 Å². The lowest BCUT2D eigenvalue weighted by atomic mass is 9.89. The first-order valence-electron chi connectivity index (χ1n) is 7.93. The van der Waals surface area contributed by atoms with E-state index in [-0.39, 0.29) is 11.4 Å². The number of aliphatic imine (C=N–C) groups is 1. The highest BCUT2D eigenvalue weighted by Crippen LogP contribution is 2.35. The Morgan fingerprint density at radius 2 is 2.00 bits per heavy atom. The maximum atomic E-state index is 12.4. The van der Waals surface area contributed by atoms with Crippen molar-refractivity contribution in [3.8, 4) is 0 Å². The van der Waals surface area contributed by atoms with E-state index in [0.717, 1.165) is 29.0 Å². The number of hydrogen-bond acceptors (Lipinski definition) is 4. The minimum absolute atomic E-state index is 0.112. The molecule has 1 heterocycles. The number of carbonyl (C=O) groups is 1. The number of aryl methyl sites for hydroxylation is 1. The Morgan fingerprint density at radius 3 is 2.71 bits per heavy atom. The molecule has 124 valence electrons. The zero-order valence-electron chi connectivity index (χ0n) is 13.9. The molecule has 0 fully saturated rings. The normalized spacial score (nSPS) is 20.3. The fourth-order valence-electron chi connectivity index (χ4n) is 2.73. The highest BCUT2D eigenvalue weighted by molar-refractivity contribution is 8.13. The van der Waals surface area contributed by atoms with Gasteiger partial charge in [-0.25, -0.2) is 0 Å². The first-order chi connectivity index (χ1) is 11.5. The Bertz CT molecular complexity index is 785. The molecule has 1 aliphatic rings. The minimum atomic E-state index is -0.333. The van der Waals surface area contributed by atoms with Crippen molar-refractivity contribution in [3.05, 3.63) is 65.2 Å². The molecule has 0 bridgehead atoms. The molecule has 1 aliphatic heterocycles. The first-order valence-corrected chi connectivity index (χ1v) is 8.91. The van der Waals surface area contributed by atoms with Crippen LogP contribution in [-0.4, -0.2) is 16.8 Å². The predicted molar refractivity (Wildman–Crippen MR) is 102 cm³/mol. The second-order valence-corrected chi connectivity index (χ2v) is 7.34. The Kier molecular flexibility index (Phi) is 4.62. The number of nitrogens with one attached hydrogen (secondary N) is 1. The summed E-state index contributed by atoms with van der Waals surface area (Å²) in [5, 5.41) is 3.58. The largest absolute Gasteiger partial charge is 0.379 e. The summed E-state index contributed by atoms with van der Waals surface area (Å²) in [6, 6.07) is 15.4. The van der Waals surface area contributed by atoms with Gasteiger partial charge in [0.2, 0.25) is 0 Å². The van der Waals surface area contributed by atoms with Crippen LogP contribution in [0.3, 0.4) is 0 Å². The molecular weight excluding hydrogens is 318 g/mol. The van der Waals surface area contributed by atoms with Crippen LogP contribution in [0.5, 0.6) is 0 Å². The molecule has 1 atom stereocenters. The van der Waals surface area contributed by atoms with Crippen LogP contribution in [0.25, 0.3) is 0 Å². The van der Waals surface area contributed by atoms with E-state index in [9.17, 15) is 4.79 Å². The zero-order chi connectivity index (χ0) is 17.2. The lowest BCUT2D eigenvalue weighted by molar-refractivity contribution is 0.102. The molecule has 0 aromatic heterocycles. The molecule has 1 amide bonds. The van der Waals surface area contributed by atoms with Crippen LogP contribution >= 0.6 is 11.8 Å². The Balaban J connectivity index is 1.82. The number of thioether (sulfide) groups is 1. The van der Waals surface area contributed by atoms with Gasteiger partial charge >= 0.3 is 0 Å². The molecule has 0 spiro atoms. The summed E-state index contributed by atoms with van der Waals surface area (Å²) in [5.74, 6) is 0.839. The monoisotopic (exact) mass is 339 g/mol. The number of carbonyl (C=O) groups excluding carboxylic acids is 1. The third kappa shape index (κ3) is 3.62. The van der Waals surface area contributed by atoms with Crippen molar-refractivity contribution in [3.63, 3.8) is 0 Å². The van der Waals surface area contributed by atoms with Crippen molar-refractivity contribution in [2.75, 3.05) is 11.1 Å². The lowest BCUT2D eigenvalue weighted by Gasteiger charge is -2.30. The van der Waals surface area contributed by atoms with Crippen molar-refractivity contribution in [2.24, 2.45) is 10.7 Å². The fourth-order valence-corrected chi connectivity index (χ4v) is 3.71. The topological polar surface area (TPSA) is 67.5 Å². The molecule has 1 unspecified atom stereocenters. The van der Waals surface area contributed by atoms with Gasteiger partial charge in [0.25, 0.3) is 5.91 Å². The highest BCUT2D eigenvalue weighted by Gasteiger charge is 2.29. The Hall–Kier alpha value is -2.27. The smallest absolute Gasteiger partial charge is 0.255 e. The third-order valence-electron chi connectivity index (χ3n) is 4.25. The number of hydrogen-bond donors (Lipinski definition) is 2. The quantitative estimate of drug-likeness (QED) is 0.891. The number of benzene rings is 2. The number of nitrogens with two attached hydrogens (primary N) is 1. The van der Waals surface area contributed by atoms with E-state index < -0.39 is 0 Å². The third-order valence-corrected chi connectivity index (χ3v) is 5.05. The summed E-state index contributed by atoms with van der Waals surface area (Å²) in [7, 11) is 0. The van der Waals surface area contributed by atoms with Gasteiger partial charge in [-0.1, -0.05) is 41.6 Å². The van der Waals surface area contributed by atoms with Gasteiger partial charge in [-0.2, -0.15) is 0 Å². The number of amides is 1. The predicted octanol–water partition coefficient (Wildman–Crippen LogP) is 3.91. The summed E-state index contributed by atoms with van der Waals surface area (Å²) < 4.78 is 0. The maximum absolute atomic E-state index is 12.4. The van der Waals surface area contributed by atoms with Crippen molar-refractivity contribution in [1.82, 2.24) is 0 Å². The zero-order valence-corrected chi connectivity index (χ0v) is 14.7. The van der Waals surface area contributed by atoms with E-state index in [2.05, 4.69) is 17.2 Å². The molecule has 0 saturated carbocycles. The highest BCUT2D eigenvalue weighted by atomic mass is 32.2. The van der Waals surface area contributed by atoms with Crippen LogP contribution in [0.1, 0.15) is 34.8 Å². The van der Waals surface area contributed by atoms with Gasteiger partial charge in [-0.15, -0.1) is 0 Å². The molecule has 0 saturated heterocycles. The molecule has 4 nitrogen and oxygen atoms in total. The maximum Gasteiger partial charge on any atom is 0.255 e. The van der Waals surface area contributed by atoms with Crippen LogP contribution in [0, 0.1) is 6.92 Å². The molecule has 3 N–H and O–H groups in total. The van der Waals surface area contributed by atoms with E-state index in [1.807, 2.05) is 55.5 Å². The number of rotatable bonds is 3. The van der Waals surface area contributed by atoms with E-state index >= 15 is 0 Å². The summed E-state index contributed by atoms with van der Waals surface area (Å²) in [5.41, 5.74) is 9.18. The van der Waals surface area contributed by atoms with Crippen molar-refractivity contribution in [1.29, 1.82) is 0 Å². The van der Waals surface area contributed by atoms with Gasteiger partial charge in [0, 0.05) is 17.0 Å². The number of nitrogens with zero attached hydrogens (tertiary/aromatic N) is 1. The van der Waals surface area contributed by atoms with E-state index in [4.69, 9.17) is 5.73 Å². The standard InChI is InChI=1S/C19H21N3OS/c1-13-6-8-14(9-7-13)17(23)21-16-5-3-4-15(12-16)19(2)10-11-24-18(20)22-19/h3-9,12H,10-11H2,1-2H3,(H2,20,22)(H,21,23). The second-order valence-electron chi connectivity index (χ2n) is 6.22. The second kappa shape index (κ2) is 6.69. The summed E-state index contributed by atoms with van der Waals surface area (Å²) >= 11 is 1.59. The summed E-state index contributed by atoms with van der Waals surface area (Å²) in [4.78, 5) is 17.0. The fraction of sp³-hybridized carbons (Fsp3) is 0.263. The van der Waals surface area contributed by atoms with Gasteiger partial charge < -0.3 is 11.1 Å². The van der Waals surface area contributed by atoms with Gasteiger partial charge in [0.05, 0.1) is 5.54 Å². The average Bonchev–Trinajstić information content (AvgIpc) is 2.55. The molecule has 2 aromatic rings. The molecule has 3 rings (SSSR count). The van der Waals surface area contributed by atoms with Crippen LogP contribution in [0.15, 0.2) is 53.5 Å². The Labute approximate surface area is 146 Å². The number of amidine groups is 1. The van der Waals surface area contributed by atoms with Crippen molar-refractivity contribution >= 4 is 28.5 Å². The van der Waals surface area contributed by atoms with Crippen LogP contribution in [0.4, 0.5) is 5.69 Å². The average molecular weight is 339 g/mol. The number of anilines is 1. The van der Waals surface area contributed by atoms with Gasteiger partial charge in [0.1, 0.15) is 0 Å². The lowest BCUT2D eigenvalue weighted by Crippen LogP contribution is -2.28.